The fourth-order valence-corrected chi connectivity index (χ4v) is 4.93. The molecule has 1 heterocycles. The van der Waals surface area contributed by atoms with E-state index in [9.17, 15) is 18.0 Å². The molecular formula is C23H28N2O7S. The molecule has 178 valence electrons. The molecule has 1 saturated heterocycles. The molecule has 3 rings (SSSR count). The fourth-order valence-electron chi connectivity index (χ4n) is 3.27. The standard InChI is InChI=1S/C23H28N2O7S/c1-4-31-23(27)18-6-9-20(10-7-18)32-17(3)22(26)24-19-8-5-16(2)21(15-19)33(28,29)25-11-13-30-14-12-25/h5-10,15,17H,4,11-14H2,1-3H3,(H,24,26). The maximum absolute atomic E-state index is 13.0. The lowest BCUT2D eigenvalue weighted by Crippen LogP contribution is -2.40. The first-order valence-corrected chi connectivity index (χ1v) is 12.1. The maximum Gasteiger partial charge on any atom is 0.338 e. The number of anilines is 1. The molecule has 0 aliphatic carbocycles. The highest BCUT2D eigenvalue weighted by molar-refractivity contribution is 7.89. The molecule has 9 nitrogen and oxygen atoms in total. The van der Waals surface area contributed by atoms with Crippen LogP contribution >= 0.6 is 0 Å². The number of hydrogen-bond acceptors (Lipinski definition) is 7. The van der Waals surface area contributed by atoms with Gasteiger partial charge in [0.05, 0.1) is 30.3 Å². The second kappa shape index (κ2) is 10.8. The Morgan fingerprint density at radius 2 is 1.79 bits per heavy atom. The van der Waals surface area contributed by atoms with Gasteiger partial charge in [0.1, 0.15) is 5.75 Å². The molecule has 1 amide bonds. The molecule has 1 fully saturated rings. The average molecular weight is 477 g/mol. The Kier molecular flexibility index (Phi) is 8.06. The van der Waals surface area contributed by atoms with Crippen LogP contribution in [-0.2, 0) is 24.3 Å². The van der Waals surface area contributed by atoms with Gasteiger partial charge in [0.2, 0.25) is 10.0 Å². The van der Waals surface area contributed by atoms with Crippen molar-refractivity contribution in [1.29, 1.82) is 0 Å². The quantitative estimate of drug-likeness (QED) is 0.583. The van der Waals surface area contributed by atoms with Crippen molar-refractivity contribution in [1.82, 2.24) is 4.31 Å². The van der Waals surface area contributed by atoms with Gasteiger partial charge < -0.3 is 19.5 Å². The molecule has 10 heteroatoms. The van der Waals surface area contributed by atoms with E-state index in [4.69, 9.17) is 14.2 Å². The summed E-state index contributed by atoms with van der Waals surface area (Å²) in [6, 6.07) is 11.0. The van der Waals surface area contributed by atoms with Crippen LogP contribution in [0.5, 0.6) is 5.75 Å². The smallest absolute Gasteiger partial charge is 0.338 e. The topological polar surface area (TPSA) is 111 Å². The first kappa shape index (κ1) is 24.7. The molecule has 0 aromatic heterocycles. The number of carbonyl (C=O) groups is 2. The molecule has 1 aliphatic rings. The van der Waals surface area contributed by atoms with Crippen molar-refractivity contribution in [3.63, 3.8) is 0 Å². The van der Waals surface area contributed by atoms with E-state index in [1.807, 2.05) is 0 Å². The van der Waals surface area contributed by atoms with Crippen LogP contribution in [0, 0.1) is 6.92 Å². The Labute approximate surface area is 193 Å². The average Bonchev–Trinajstić information content (AvgIpc) is 2.81. The molecule has 1 unspecified atom stereocenters. The Morgan fingerprint density at radius 1 is 1.12 bits per heavy atom. The maximum atomic E-state index is 13.0. The SMILES string of the molecule is CCOC(=O)c1ccc(OC(C)C(=O)Nc2ccc(C)c(S(=O)(=O)N3CCOCC3)c2)cc1. The summed E-state index contributed by atoms with van der Waals surface area (Å²) in [5.74, 6) is -0.467. The van der Waals surface area contributed by atoms with Crippen LogP contribution in [0.25, 0.3) is 0 Å². The summed E-state index contributed by atoms with van der Waals surface area (Å²) in [5.41, 5.74) is 1.32. The number of ether oxygens (including phenoxy) is 3. The molecule has 0 saturated carbocycles. The van der Waals surface area contributed by atoms with Gasteiger partial charge in [-0.15, -0.1) is 0 Å². The van der Waals surface area contributed by atoms with Crippen LogP contribution in [0.4, 0.5) is 5.69 Å². The first-order valence-electron chi connectivity index (χ1n) is 10.7. The summed E-state index contributed by atoms with van der Waals surface area (Å²) in [7, 11) is -3.70. The molecule has 0 radical (unpaired) electrons. The zero-order valence-electron chi connectivity index (χ0n) is 18.9. The van der Waals surface area contributed by atoms with Gasteiger partial charge in [0, 0.05) is 18.8 Å². The van der Waals surface area contributed by atoms with Crippen LogP contribution in [-0.4, -0.2) is 63.6 Å². The number of carbonyl (C=O) groups excluding carboxylic acids is 2. The van der Waals surface area contributed by atoms with Gasteiger partial charge in [-0.05, 0) is 62.7 Å². The molecule has 0 bridgehead atoms. The van der Waals surface area contributed by atoms with E-state index in [1.54, 1.807) is 57.2 Å². The summed E-state index contributed by atoms with van der Waals surface area (Å²) in [6.45, 7) is 6.58. The highest BCUT2D eigenvalue weighted by Crippen LogP contribution is 2.25. The van der Waals surface area contributed by atoms with Crippen LogP contribution in [0.3, 0.4) is 0 Å². The highest BCUT2D eigenvalue weighted by atomic mass is 32.2. The van der Waals surface area contributed by atoms with Crippen molar-refractivity contribution < 1.29 is 32.2 Å². The normalized spacial score (nSPS) is 15.5. The van der Waals surface area contributed by atoms with Gasteiger partial charge in [0.15, 0.2) is 6.10 Å². The van der Waals surface area contributed by atoms with Gasteiger partial charge in [-0.3, -0.25) is 4.79 Å². The third kappa shape index (κ3) is 6.10. The predicted molar refractivity (Wildman–Crippen MR) is 122 cm³/mol. The van der Waals surface area contributed by atoms with E-state index in [0.717, 1.165) is 0 Å². The molecule has 1 aliphatic heterocycles. The van der Waals surface area contributed by atoms with Gasteiger partial charge >= 0.3 is 5.97 Å². The third-order valence-electron chi connectivity index (χ3n) is 5.09. The number of rotatable bonds is 8. The second-order valence-corrected chi connectivity index (χ2v) is 9.40. The van der Waals surface area contributed by atoms with E-state index >= 15 is 0 Å². The Bertz CT molecular complexity index is 1090. The fraction of sp³-hybridized carbons (Fsp3) is 0.391. The predicted octanol–water partition coefficient (Wildman–Crippen LogP) is 2.60. The summed E-state index contributed by atoms with van der Waals surface area (Å²) in [6.07, 6.45) is -0.862. The summed E-state index contributed by atoms with van der Waals surface area (Å²) in [4.78, 5) is 24.5. The molecule has 33 heavy (non-hydrogen) atoms. The lowest BCUT2D eigenvalue weighted by molar-refractivity contribution is -0.122. The Morgan fingerprint density at radius 3 is 2.42 bits per heavy atom. The number of esters is 1. The highest BCUT2D eigenvalue weighted by Gasteiger charge is 2.28. The van der Waals surface area contributed by atoms with Crippen LogP contribution < -0.4 is 10.1 Å². The number of sulfonamides is 1. The summed E-state index contributed by atoms with van der Waals surface area (Å²) >= 11 is 0. The van der Waals surface area contributed by atoms with E-state index in [2.05, 4.69) is 5.32 Å². The largest absolute Gasteiger partial charge is 0.481 e. The van der Waals surface area contributed by atoms with E-state index in [-0.39, 0.29) is 24.6 Å². The number of aryl methyl sites for hydroxylation is 1. The molecule has 1 N–H and O–H groups in total. The van der Waals surface area contributed by atoms with Crippen molar-refractivity contribution in [2.45, 2.75) is 31.8 Å². The van der Waals surface area contributed by atoms with E-state index < -0.39 is 28.0 Å². The van der Waals surface area contributed by atoms with Gasteiger partial charge in [0.25, 0.3) is 5.91 Å². The lowest BCUT2D eigenvalue weighted by atomic mass is 10.2. The van der Waals surface area contributed by atoms with Crippen LogP contribution in [0.15, 0.2) is 47.4 Å². The van der Waals surface area contributed by atoms with Crippen molar-refractivity contribution in [2.24, 2.45) is 0 Å². The Hall–Kier alpha value is -2.95. The van der Waals surface area contributed by atoms with Gasteiger partial charge in [-0.1, -0.05) is 6.07 Å². The minimum Gasteiger partial charge on any atom is -0.481 e. The summed E-state index contributed by atoms with van der Waals surface area (Å²) in [5, 5.41) is 2.71. The zero-order valence-corrected chi connectivity index (χ0v) is 19.7. The second-order valence-electron chi connectivity index (χ2n) is 7.49. The zero-order chi connectivity index (χ0) is 24.0. The van der Waals surface area contributed by atoms with Crippen LogP contribution in [0.1, 0.15) is 29.8 Å². The summed E-state index contributed by atoms with van der Waals surface area (Å²) < 4.78 is 43.3. The number of hydrogen-bond donors (Lipinski definition) is 1. The van der Waals surface area contributed by atoms with E-state index in [0.29, 0.717) is 35.8 Å². The first-order chi connectivity index (χ1) is 15.7. The van der Waals surface area contributed by atoms with E-state index in [1.165, 1.54) is 10.4 Å². The van der Waals surface area contributed by atoms with Crippen molar-refractivity contribution >= 4 is 27.6 Å². The monoisotopic (exact) mass is 476 g/mol. The molecule has 2 aromatic carbocycles. The molecule has 2 aromatic rings. The molecule has 1 atom stereocenters. The Balaban J connectivity index is 1.67. The van der Waals surface area contributed by atoms with Gasteiger partial charge in [-0.25, -0.2) is 13.2 Å². The van der Waals surface area contributed by atoms with Crippen molar-refractivity contribution in [3.8, 4) is 5.75 Å². The number of nitrogens with zero attached hydrogens (tertiary/aromatic N) is 1. The number of amides is 1. The van der Waals surface area contributed by atoms with Crippen LogP contribution in [0.2, 0.25) is 0 Å². The van der Waals surface area contributed by atoms with Crippen molar-refractivity contribution in [2.75, 3.05) is 38.2 Å². The third-order valence-corrected chi connectivity index (χ3v) is 7.13. The number of morpholine rings is 1. The molecular weight excluding hydrogens is 448 g/mol. The van der Waals surface area contributed by atoms with Gasteiger partial charge in [-0.2, -0.15) is 4.31 Å². The number of benzene rings is 2. The minimum atomic E-state index is -3.70. The number of nitrogens with one attached hydrogen (secondary N) is 1. The molecule has 0 spiro atoms. The van der Waals surface area contributed by atoms with Crippen molar-refractivity contribution in [3.05, 3.63) is 53.6 Å². The lowest BCUT2D eigenvalue weighted by Gasteiger charge is -2.27. The minimum absolute atomic E-state index is 0.144.